The zero-order valence-corrected chi connectivity index (χ0v) is 7.77. The van der Waals surface area contributed by atoms with Crippen LogP contribution in [0.15, 0.2) is 42.2 Å². The molecule has 0 heterocycles. The molecule has 0 fully saturated rings. The van der Waals surface area contributed by atoms with Crippen molar-refractivity contribution in [2.24, 2.45) is 0 Å². The van der Waals surface area contributed by atoms with Gasteiger partial charge in [-0.05, 0) is 16.7 Å². The van der Waals surface area contributed by atoms with Crippen molar-refractivity contribution < 1.29 is 10.2 Å². The summed E-state index contributed by atoms with van der Waals surface area (Å²) < 4.78 is 0. The van der Waals surface area contributed by atoms with Gasteiger partial charge in [-0.15, -0.1) is 0 Å². The molecule has 2 rings (SSSR count). The summed E-state index contributed by atoms with van der Waals surface area (Å²) in [4.78, 5) is 0. The minimum atomic E-state index is -0.226. The van der Waals surface area contributed by atoms with E-state index in [4.69, 9.17) is 5.11 Å². The van der Waals surface area contributed by atoms with E-state index in [0.717, 1.165) is 16.7 Å². The minimum Gasteiger partial charge on any atom is -0.512 e. The Morgan fingerprint density at radius 3 is 2.71 bits per heavy atom. The predicted molar refractivity (Wildman–Crippen MR) is 56.0 cm³/mol. The quantitative estimate of drug-likeness (QED) is 0.699. The van der Waals surface area contributed by atoms with E-state index < -0.39 is 0 Å². The molecule has 14 heavy (non-hydrogen) atoms. The van der Waals surface area contributed by atoms with Gasteiger partial charge >= 0.3 is 0 Å². The van der Waals surface area contributed by atoms with Crippen LogP contribution in [0.5, 0.6) is 0 Å². The van der Waals surface area contributed by atoms with E-state index in [0.29, 0.717) is 0 Å². The fraction of sp³-hybridized carbons (Fsp3) is 0.167. The molecule has 0 spiro atoms. The van der Waals surface area contributed by atoms with Crippen molar-refractivity contribution in [2.75, 3.05) is 6.61 Å². The highest BCUT2D eigenvalue weighted by atomic mass is 16.3. The van der Waals surface area contributed by atoms with Gasteiger partial charge in [0, 0.05) is 0 Å². The molecular weight excluding hydrogens is 176 g/mol. The fourth-order valence-electron chi connectivity index (χ4n) is 1.92. The van der Waals surface area contributed by atoms with Gasteiger partial charge in [0.25, 0.3) is 0 Å². The molecule has 1 atom stereocenters. The van der Waals surface area contributed by atoms with Crippen molar-refractivity contribution in [1.29, 1.82) is 0 Å². The minimum absolute atomic E-state index is 0.0427. The van der Waals surface area contributed by atoms with E-state index >= 15 is 0 Å². The summed E-state index contributed by atoms with van der Waals surface area (Å²) in [5.41, 5.74) is 2.87. The predicted octanol–water partition coefficient (Wildman–Crippen LogP) is 2.23. The molecule has 72 valence electrons. The number of fused-ring (bicyclic) bond motifs is 1. The van der Waals surface area contributed by atoms with Crippen molar-refractivity contribution in [2.45, 2.75) is 5.92 Å². The van der Waals surface area contributed by atoms with Gasteiger partial charge in [-0.2, -0.15) is 0 Å². The summed E-state index contributed by atoms with van der Waals surface area (Å²) in [5, 5.41) is 18.6. The van der Waals surface area contributed by atoms with Crippen molar-refractivity contribution in [3.05, 3.63) is 53.3 Å². The van der Waals surface area contributed by atoms with Crippen LogP contribution in [0.3, 0.4) is 0 Å². The van der Waals surface area contributed by atoms with Crippen LogP contribution >= 0.6 is 0 Å². The zero-order chi connectivity index (χ0) is 10.1. The summed E-state index contributed by atoms with van der Waals surface area (Å²) >= 11 is 0. The van der Waals surface area contributed by atoms with Crippen LogP contribution in [-0.4, -0.2) is 16.8 Å². The first-order valence-electron chi connectivity index (χ1n) is 4.52. The topological polar surface area (TPSA) is 40.5 Å². The van der Waals surface area contributed by atoms with Crippen LogP contribution in [0.2, 0.25) is 0 Å². The van der Waals surface area contributed by atoms with E-state index in [9.17, 15) is 5.11 Å². The lowest BCUT2D eigenvalue weighted by molar-refractivity contribution is 0.313. The van der Waals surface area contributed by atoms with Crippen molar-refractivity contribution in [3.63, 3.8) is 0 Å². The van der Waals surface area contributed by atoms with E-state index in [1.54, 1.807) is 0 Å². The van der Waals surface area contributed by atoms with Crippen LogP contribution in [-0.2, 0) is 0 Å². The molecule has 0 amide bonds. The Balaban J connectivity index is 2.51. The molecule has 0 radical (unpaired) electrons. The smallest absolute Gasteiger partial charge is 0.0967 e. The van der Waals surface area contributed by atoms with Crippen molar-refractivity contribution in [3.8, 4) is 0 Å². The summed E-state index contributed by atoms with van der Waals surface area (Å²) in [6.07, 6.45) is 1.90. The van der Waals surface area contributed by atoms with Gasteiger partial charge < -0.3 is 10.2 Å². The van der Waals surface area contributed by atoms with E-state index in [-0.39, 0.29) is 18.3 Å². The number of allylic oxidation sites excluding steroid dienone is 1. The van der Waals surface area contributed by atoms with Crippen LogP contribution in [0.4, 0.5) is 0 Å². The first-order chi connectivity index (χ1) is 6.74. The second kappa shape index (κ2) is 3.31. The maximum atomic E-state index is 9.45. The molecule has 0 saturated heterocycles. The second-order valence-electron chi connectivity index (χ2n) is 3.43. The highest BCUT2D eigenvalue weighted by Crippen LogP contribution is 2.38. The van der Waals surface area contributed by atoms with Gasteiger partial charge in [0.05, 0.1) is 18.3 Å². The summed E-state index contributed by atoms with van der Waals surface area (Å²) in [6.45, 7) is 3.50. The molecule has 1 aliphatic rings. The van der Waals surface area contributed by atoms with E-state index in [1.807, 2.05) is 30.3 Å². The maximum Gasteiger partial charge on any atom is 0.0967 e. The molecule has 0 aliphatic heterocycles. The van der Waals surface area contributed by atoms with Crippen molar-refractivity contribution in [1.82, 2.24) is 0 Å². The fourth-order valence-corrected chi connectivity index (χ4v) is 1.92. The molecule has 2 N–H and O–H groups in total. The SMILES string of the molecule is C=C(O)C1C(CO)=Cc2ccccc21. The van der Waals surface area contributed by atoms with Gasteiger partial charge in [0.2, 0.25) is 0 Å². The highest BCUT2D eigenvalue weighted by molar-refractivity contribution is 5.68. The third-order valence-electron chi connectivity index (χ3n) is 2.53. The van der Waals surface area contributed by atoms with Crippen LogP contribution in [0, 0.1) is 0 Å². The third kappa shape index (κ3) is 1.24. The third-order valence-corrected chi connectivity index (χ3v) is 2.53. The van der Waals surface area contributed by atoms with E-state index in [1.165, 1.54) is 0 Å². The number of benzene rings is 1. The number of rotatable bonds is 2. The molecule has 1 unspecified atom stereocenters. The molecule has 2 nitrogen and oxygen atoms in total. The lowest BCUT2D eigenvalue weighted by Crippen LogP contribution is -2.04. The highest BCUT2D eigenvalue weighted by Gasteiger charge is 2.26. The molecule has 1 aromatic carbocycles. The average molecular weight is 188 g/mol. The number of aliphatic hydroxyl groups is 2. The Kier molecular flexibility index (Phi) is 2.14. The summed E-state index contributed by atoms with van der Waals surface area (Å²) in [6, 6.07) is 7.77. The van der Waals surface area contributed by atoms with Gasteiger partial charge in [0.1, 0.15) is 0 Å². The summed E-state index contributed by atoms with van der Waals surface area (Å²) in [7, 11) is 0. The molecule has 1 aliphatic carbocycles. The standard InChI is InChI=1S/C12H12O2/c1-8(14)12-10(7-13)6-9-4-2-3-5-11(9)12/h2-6,12-14H,1,7H2. The molecule has 2 heteroatoms. The first-order valence-corrected chi connectivity index (χ1v) is 4.52. The van der Waals surface area contributed by atoms with Gasteiger partial charge in [-0.1, -0.05) is 36.9 Å². The van der Waals surface area contributed by atoms with Gasteiger partial charge in [-0.25, -0.2) is 0 Å². The molecule has 0 saturated carbocycles. The lowest BCUT2D eigenvalue weighted by atomic mass is 9.95. The number of aliphatic hydroxyl groups excluding tert-OH is 2. The largest absolute Gasteiger partial charge is 0.512 e. The Bertz CT molecular complexity index is 405. The van der Waals surface area contributed by atoms with Gasteiger partial charge in [0.15, 0.2) is 0 Å². The van der Waals surface area contributed by atoms with Crippen LogP contribution < -0.4 is 0 Å². The second-order valence-corrected chi connectivity index (χ2v) is 3.43. The maximum absolute atomic E-state index is 9.45. The molecular formula is C12H12O2. The van der Waals surface area contributed by atoms with Crippen LogP contribution in [0.1, 0.15) is 17.0 Å². The average Bonchev–Trinajstić information content (AvgIpc) is 2.55. The molecule has 1 aromatic rings. The monoisotopic (exact) mass is 188 g/mol. The Morgan fingerprint density at radius 2 is 2.07 bits per heavy atom. The van der Waals surface area contributed by atoms with Crippen molar-refractivity contribution >= 4 is 6.08 Å². The number of hydrogen-bond donors (Lipinski definition) is 2. The Morgan fingerprint density at radius 1 is 1.36 bits per heavy atom. The zero-order valence-electron chi connectivity index (χ0n) is 7.77. The summed E-state index contributed by atoms with van der Waals surface area (Å²) in [5.74, 6) is -0.133. The molecule has 0 aromatic heterocycles. The Labute approximate surface area is 82.8 Å². The van der Waals surface area contributed by atoms with Crippen LogP contribution in [0.25, 0.3) is 6.08 Å². The first kappa shape index (κ1) is 9.03. The Hall–Kier alpha value is -1.54. The van der Waals surface area contributed by atoms with Gasteiger partial charge in [-0.3, -0.25) is 0 Å². The normalized spacial score (nSPS) is 18.9. The lowest BCUT2D eigenvalue weighted by Gasteiger charge is -2.13. The van der Waals surface area contributed by atoms with E-state index in [2.05, 4.69) is 6.58 Å². The molecule has 0 bridgehead atoms. The number of hydrogen-bond acceptors (Lipinski definition) is 2.